The summed E-state index contributed by atoms with van der Waals surface area (Å²) in [7, 11) is 3.16. The molecule has 1 aliphatic heterocycles. The minimum Gasteiger partial charge on any atom is -0.323 e. The highest BCUT2D eigenvalue weighted by Gasteiger charge is 2.26. The second kappa shape index (κ2) is 9.40. The largest absolute Gasteiger partial charge is 0.332 e. The number of piperazine rings is 1. The molecule has 0 amide bonds. The lowest BCUT2D eigenvalue weighted by Crippen LogP contribution is -2.48. The zero-order valence-corrected chi connectivity index (χ0v) is 19.7. The van der Waals surface area contributed by atoms with Crippen molar-refractivity contribution in [2.24, 2.45) is 14.1 Å². The van der Waals surface area contributed by atoms with E-state index in [2.05, 4.69) is 75.4 Å². The Morgan fingerprint density at radius 2 is 1.38 bits per heavy atom. The van der Waals surface area contributed by atoms with E-state index in [1.165, 1.54) is 22.7 Å². The van der Waals surface area contributed by atoms with Gasteiger partial charge in [0.1, 0.15) is 0 Å². The monoisotopic (exact) mass is 458 g/mol. The Bertz CT molecular complexity index is 1340. The summed E-state index contributed by atoms with van der Waals surface area (Å²) in [5.41, 5.74) is 2.89. The molecule has 3 heterocycles. The van der Waals surface area contributed by atoms with Gasteiger partial charge in [-0.15, -0.1) is 0 Å². The summed E-state index contributed by atoms with van der Waals surface area (Å²) < 4.78 is 4.45. The van der Waals surface area contributed by atoms with Crippen LogP contribution in [0.1, 0.15) is 17.2 Å². The first-order chi connectivity index (χ1) is 16.5. The van der Waals surface area contributed by atoms with Crippen LogP contribution in [0, 0.1) is 0 Å². The van der Waals surface area contributed by atoms with Gasteiger partial charge in [-0.1, -0.05) is 60.7 Å². The van der Waals surface area contributed by atoms with Crippen LogP contribution in [0.25, 0.3) is 11.2 Å². The first-order valence-electron chi connectivity index (χ1n) is 11.7. The van der Waals surface area contributed by atoms with Crippen molar-refractivity contribution >= 4 is 11.2 Å². The Balaban J connectivity index is 1.29. The second-order valence-corrected chi connectivity index (χ2v) is 8.92. The second-order valence-electron chi connectivity index (χ2n) is 8.92. The van der Waals surface area contributed by atoms with Crippen molar-refractivity contribution in [3.8, 4) is 0 Å². The van der Waals surface area contributed by atoms with Gasteiger partial charge in [-0.3, -0.25) is 23.7 Å². The first kappa shape index (κ1) is 22.3. The topological polar surface area (TPSA) is 68.3 Å². The lowest BCUT2D eigenvalue weighted by molar-refractivity contribution is 0.107. The number of fused-ring (bicyclic) bond motifs is 1. The molecule has 0 saturated carbocycles. The molecule has 2 aromatic carbocycles. The van der Waals surface area contributed by atoms with Crippen LogP contribution in [-0.4, -0.2) is 61.2 Å². The molecule has 8 nitrogen and oxygen atoms in total. The van der Waals surface area contributed by atoms with Crippen LogP contribution < -0.4 is 11.2 Å². The van der Waals surface area contributed by atoms with Crippen LogP contribution in [0.3, 0.4) is 0 Å². The molecule has 8 heteroatoms. The molecule has 1 saturated heterocycles. The molecule has 0 atom stereocenters. The van der Waals surface area contributed by atoms with Gasteiger partial charge in [-0.25, -0.2) is 9.78 Å². The third-order valence-electron chi connectivity index (χ3n) is 6.88. The number of imidazole rings is 1. The van der Waals surface area contributed by atoms with Crippen molar-refractivity contribution in [3.05, 3.63) is 99.0 Å². The molecule has 0 unspecified atom stereocenters. The molecule has 176 valence electrons. The molecule has 4 aromatic rings. The fraction of sp³-hybridized carbons (Fsp3) is 0.346. The molecular weight excluding hydrogens is 428 g/mol. The van der Waals surface area contributed by atoms with Crippen molar-refractivity contribution < 1.29 is 0 Å². The van der Waals surface area contributed by atoms with E-state index in [1.54, 1.807) is 13.4 Å². The summed E-state index contributed by atoms with van der Waals surface area (Å²) in [6.45, 7) is 5.33. The summed E-state index contributed by atoms with van der Waals surface area (Å²) in [4.78, 5) is 34.2. The third kappa shape index (κ3) is 4.10. The smallest absolute Gasteiger partial charge is 0.323 e. The molecule has 0 radical (unpaired) electrons. The Morgan fingerprint density at radius 3 is 1.97 bits per heavy atom. The minimum atomic E-state index is -0.356. The highest BCUT2D eigenvalue weighted by Crippen LogP contribution is 2.29. The number of aryl methyl sites for hydroxylation is 1. The highest BCUT2D eigenvalue weighted by atomic mass is 16.2. The molecule has 0 N–H and O–H groups in total. The van der Waals surface area contributed by atoms with Crippen molar-refractivity contribution in [2.45, 2.75) is 12.6 Å². The number of hydrogen-bond acceptors (Lipinski definition) is 5. The van der Waals surface area contributed by atoms with Gasteiger partial charge in [-0.05, 0) is 11.1 Å². The van der Waals surface area contributed by atoms with Gasteiger partial charge >= 0.3 is 5.69 Å². The van der Waals surface area contributed by atoms with Gasteiger partial charge in [0, 0.05) is 53.4 Å². The quantitative estimate of drug-likeness (QED) is 0.441. The predicted molar refractivity (Wildman–Crippen MR) is 133 cm³/mol. The highest BCUT2D eigenvalue weighted by molar-refractivity contribution is 5.69. The van der Waals surface area contributed by atoms with Crippen LogP contribution in [0.4, 0.5) is 0 Å². The molecule has 34 heavy (non-hydrogen) atoms. The number of aromatic nitrogens is 4. The van der Waals surface area contributed by atoms with Gasteiger partial charge in [0.05, 0.1) is 12.4 Å². The fourth-order valence-electron chi connectivity index (χ4n) is 4.95. The average Bonchev–Trinajstić information content (AvgIpc) is 3.31. The summed E-state index contributed by atoms with van der Waals surface area (Å²) in [5, 5.41) is 0. The SMILES string of the molecule is Cn1c(=O)c2c(ncn2CCN2CCN(C(c3ccccc3)c3ccccc3)CC2)n(C)c1=O. The zero-order valence-electron chi connectivity index (χ0n) is 19.7. The van der Waals surface area contributed by atoms with Gasteiger partial charge in [-0.2, -0.15) is 0 Å². The number of hydrogen-bond donors (Lipinski definition) is 0. The van der Waals surface area contributed by atoms with E-state index < -0.39 is 0 Å². The molecule has 0 spiro atoms. The van der Waals surface area contributed by atoms with E-state index >= 15 is 0 Å². The zero-order chi connectivity index (χ0) is 23.7. The van der Waals surface area contributed by atoms with Crippen molar-refractivity contribution in [2.75, 3.05) is 32.7 Å². The van der Waals surface area contributed by atoms with Gasteiger partial charge in [0.15, 0.2) is 11.2 Å². The van der Waals surface area contributed by atoms with Crippen LogP contribution in [0.2, 0.25) is 0 Å². The van der Waals surface area contributed by atoms with Crippen molar-refractivity contribution in [3.63, 3.8) is 0 Å². The van der Waals surface area contributed by atoms with E-state index in [4.69, 9.17) is 0 Å². The third-order valence-corrected chi connectivity index (χ3v) is 6.88. The summed E-state index contributed by atoms with van der Waals surface area (Å²) >= 11 is 0. The van der Waals surface area contributed by atoms with Gasteiger partial charge in [0.2, 0.25) is 0 Å². The Kier molecular flexibility index (Phi) is 6.17. The molecule has 0 bridgehead atoms. The predicted octanol–water partition coefficient (Wildman–Crippen LogP) is 1.84. The first-order valence-corrected chi connectivity index (χ1v) is 11.7. The maximum absolute atomic E-state index is 12.7. The summed E-state index contributed by atoms with van der Waals surface area (Å²) in [6.07, 6.45) is 1.67. The molecular formula is C26H30N6O2. The lowest BCUT2D eigenvalue weighted by Gasteiger charge is -2.39. The number of rotatable bonds is 6. The maximum atomic E-state index is 12.7. The lowest BCUT2D eigenvalue weighted by atomic mass is 9.96. The van der Waals surface area contributed by atoms with E-state index in [-0.39, 0.29) is 17.3 Å². The minimum absolute atomic E-state index is 0.242. The van der Waals surface area contributed by atoms with Gasteiger partial charge < -0.3 is 4.57 Å². The Labute approximate surface area is 198 Å². The summed E-state index contributed by atoms with van der Waals surface area (Å²) in [5.74, 6) is 0. The van der Waals surface area contributed by atoms with Gasteiger partial charge in [0.25, 0.3) is 5.56 Å². The summed E-state index contributed by atoms with van der Waals surface area (Å²) in [6, 6.07) is 21.6. The van der Waals surface area contributed by atoms with E-state index in [1.807, 2.05) is 4.57 Å². The van der Waals surface area contributed by atoms with Crippen LogP contribution >= 0.6 is 0 Å². The molecule has 0 aliphatic carbocycles. The maximum Gasteiger partial charge on any atom is 0.332 e. The van der Waals surface area contributed by atoms with Crippen molar-refractivity contribution in [1.82, 2.24) is 28.5 Å². The van der Waals surface area contributed by atoms with Crippen LogP contribution in [0.15, 0.2) is 76.6 Å². The Morgan fingerprint density at radius 1 is 0.794 bits per heavy atom. The normalized spacial score (nSPS) is 15.4. The number of benzene rings is 2. The molecule has 2 aromatic heterocycles. The van der Waals surface area contributed by atoms with E-state index in [0.29, 0.717) is 17.7 Å². The van der Waals surface area contributed by atoms with Crippen LogP contribution in [-0.2, 0) is 20.6 Å². The fourth-order valence-corrected chi connectivity index (χ4v) is 4.95. The van der Waals surface area contributed by atoms with E-state index in [9.17, 15) is 9.59 Å². The molecule has 1 aliphatic rings. The molecule has 1 fully saturated rings. The average molecular weight is 459 g/mol. The standard InChI is InChI=1S/C26H30N6O2/c1-28-24-23(25(33)29(2)26(28)34)32(19-27-24)18-15-30-13-16-31(17-14-30)22(20-9-5-3-6-10-20)21-11-7-4-8-12-21/h3-12,19,22H,13-18H2,1-2H3. The van der Waals surface area contributed by atoms with Crippen molar-refractivity contribution in [1.29, 1.82) is 0 Å². The van der Waals surface area contributed by atoms with E-state index in [0.717, 1.165) is 37.3 Å². The molecule has 5 rings (SSSR count). The van der Waals surface area contributed by atoms with Crippen LogP contribution in [0.5, 0.6) is 0 Å². The Hall–Kier alpha value is -3.49. The number of nitrogens with zero attached hydrogens (tertiary/aromatic N) is 6.